The van der Waals surface area contributed by atoms with E-state index in [1.807, 2.05) is 11.8 Å². The second kappa shape index (κ2) is 9.21. The van der Waals surface area contributed by atoms with Gasteiger partial charge in [0.25, 0.3) is 0 Å². The maximum atomic E-state index is 12.4. The molecule has 0 unspecified atom stereocenters. The second-order valence-corrected chi connectivity index (χ2v) is 11.4. The van der Waals surface area contributed by atoms with E-state index in [-0.39, 0.29) is 5.91 Å². The van der Waals surface area contributed by atoms with Crippen molar-refractivity contribution in [2.24, 2.45) is 5.41 Å². The molecule has 2 saturated heterocycles. The molecule has 2 aromatic rings. The van der Waals surface area contributed by atoms with Gasteiger partial charge in [0.15, 0.2) is 0 Å². The number of nitrogen functional groups attached to an aromatic ring is 1. The van der Waals surface area contributed by atoms with Crippen LogP contribution in [0.1, 0.15) is 32.3 Å². The molecule has 3 heterocycles. The van der Waals surface area contributed by atoms with Crippen LogP contribution in [0.5, 0.6) is 0 Å². The summed E-state index contributed by atoms with van der Waals surface area (Å²) in [6, 6.07) is 8.77. The van der Waals surface area contributed by atoms with Gasteiger partial charge in [-0.3, -0.25) is 19.9 Å². The molecule has 3 N–H and O–H groups in total. The quantitative estimate of drug-likeness (QED) is 0.632. The monoisotopic (exact) mass is 446 g/mol. The van der Waals surface area contributed by atoms with Crippen LogP contribution < -0.4 is 11.1 Å². The topological polar surface area (TPSA) is 87.4 Å². The number of amides is 1. The Balaban J connectivity index is 1.28. The molecular formula is C21H30N6OS2. The van der Waals surface area contributed by atoms with E-state index < -0.39 is 0 Å². The molecule has 1 aromatic carbocycles. The van der Waals surface area contributed by atoms with Gasteiger partial charge in [0.2, 0.25) is 16.2 Å². The maximum Gasteiger partial charge on any atom is 0.240 e. The predicted octanol–water partition coefficient (Wildman–Crippen LogP) is 3.16. The number of carbonyl (C=O) groups excluding carboxylic acids is 1. The molecular weight excluding hydrogens is 416 g/mol. The van der Waals surface area contributed by atoms with Crippen LogP contribution in [-0.2, 0) is 11.3 Å². The van der Waals surface area contributed by atoms with E-state index in [4.69, 9.17) is 5.73 Å². The number of carbonyl (C=O) groups is 1. The number of nitrogens with one attached hydrogen (secondary N) is 1. The van der Waals surface area contributed by atoms with Gasteiger partial charge >= 0.3 is 0 Å². The highest BCUT2D eigenvalue weighted by molar-refractivity contribution is 8.00. The van der Waals surface area contributed by atoms with E-state index in [2.05, 4.69) is 63.4 Å². The largest absolute Gasteiger partial charge is 0.374 e. The summed E-state index contributed by atoms with van der Waals surface area (Å²) in [4.78, 5) is 18.6. The fourth-order valence-electron chi connectivity index (χ4n) is 4.61. The number of nitrogens with zero attached hydrogens (tertiary/aromatic N) is 4. The molecule has 2 fully saturated rings. The molecule has 4 rings (SSSR count). The van der Waals surface area contributed by atoms with Gasteiger partial charge in [-0.1, -0.05) is 43.4 Å². The molecule has 7 nitrogen and oxygen atoms in total. The first kappa shape index (κ1) is 21.5. The van der Waals surface area contributed by atoms with Gasteiger partial charge in [-0.15, -0.1) is 22.0 Å². The van der Waals surface area contributed by atoms with Gasteiger partial charge in [0.1, 0.15) is 0 Å². The lowest BCUT2D eigenvalue weighted by molar-refractivity contribution is -0.119. The smallest absolute Gasteiger partial charge is 0.240 e. The Morgan fingerprint density at radius 1 is 1.27 bits per heavy atom. The average molecular weight is 447 g/mol. The second-order valence-electron chi connectivity index (χ2n) is 8.73. The number of hydrogen-bond acceptors (Lipinski definition) is 8. The van der Waals surface area contributed by atoms with Gasteiger partial charge in [-0.25, -0.2) is 0 Å². The Morgan fingerprint density at radius 3 is 2.77 bits per heavy atom. The third-order valence-corrected chi connectivity index (χ3v) is 7.43. The molecule has 0 bridgehead atoms. The SMILES string of the molecule is CC(C)Sc1ccccc1CN1CC2(CCCN(CC(=O)Nc3nnc(N)s3)C2)C1. The first-order chi connectivity index (χ1) is 14.4. The van der Waals surface area contributed by atoms with Gasteiger partial charge in [0.05, 0.1) is 6.54 Å². The minimum atomic E-state index is -0.0426. The number of rotatable bonds is 7. The number of anilines is 2. The van der Waals surface area contributed by atoms with Crippen LogP contribution in [0.3, 0.4) is 0 Å². The van der Waals surface area contributed by atoms with Crippen LogP contribution in [0.2, 0.25) is 0 Å². The summed E-state index contributed by atoms with van der Waals surface area (Å²) in [6.45, 7) is 10.1. The summed E-state index contributed by atoms with van der Waals surface area (Å²) in [5, 5.41) is 11.8. The molecule has 0 saturated carbocycles. The Hall–Kier alpha value is -1.68. The van der Waals surface area contributed by atoms with E-state index in [9.17, 15) is 4.79 Å². The molecule has 1 aromatic heterocycles. The standard InChI is InChI=1S/C21H30N6OS2/c1-15(2)29-17-7-4-3-6-16(17)10-27-13-21(14-27)8-5-9-26(12-21)11-18(28)23-20-25-24-19(22)30-20/h3-4,6-7,15H,5,8-14H2,1-2H3,(H2,22,24)(H,23,25,28). The normalized spacial score (nSPS) is 19.2. The summed E-state index contributed by atoms with van der Waals surface area (Å²) in [5.74, 6) is -0.0426. The average Bonchev–Trinajstić information content (AvgIpc) is 3.06. The molecule has 162 valence electrons. The van der Waals surface area contributed by atoms with E-state index in [1.165, 1.54) is 28.2 Å². The first-order valence-corrected chi connectivity index (χ1v) is 12.2. The molecule has 2 aliphatic heterocycles. The number of likely N-dealkylation sites (tertiary alicyclic amines) is 2. The zero-order valence-electron chi connectivity index (χ0n) is 17.6. The van der Waals surface area contributed by atoms with Crippen LogP contribution in [-0.4, -0.2) is 63.9 Å². The highest BCUT2D eigenvalue weighted by Crippen LogP contribution is 2.40. The lowest BCUT2D eigenvalue weighted by Crippen LogP contribution is -2.62. The fourth-order valence-corrected chi connectivity index (χ4v) is 6.08. The van der Waals surface area contributed by atoms with Crippen LogP contribution in [0.15, 0.2) is 29.2 Å². The molecule has 30 heavy (non-hydrogen) atoms. The van der Waals surface area contributed by atoms with E-state index >= 15 is 0 Å². The number of thioether (sulfide) groups is 1. The van der Waals surface area contributed by atoms with E-state index in [0.29, 0.717) is 27.5 Å². The molecule has 0 radical (unpaired) electrons. The van der Waals surface area contributed by atoms with Crippen molar-refractivity contribution in [3.8, 4) is 0 Å². The lowest BCUT2D eigenvalue weighted by atomic mass is 9.73. The molecule has 1 spiro atoms. The van der Waals surface area contributed by atoms with Crippen molar-refractivity contribution in [2.75, 3.05) is 43.8 Å². The van der Waals surface area contributed by atoms with Gasteiger partial charge in [-0.05, 0) is 31.0 Å². The summed E-state index contributed by atoms with van der Waals surface area (Å²) in [7, 11) is 0. The van der Waals surface area contributed by atoms with Crippen molar-refractivity contribution in [3.05, 3.63) is 29.8 Å². The van der Waals surface area contributed by atoms with Crippen molar-refractivity contribution in [1.29, 1.82) is 0 Å². The fraction of sp³-hybridized carbons (Fsp3) is 0.571. The lowest BCUT2D eigenvalue weighted by Gasteiger charge is -2.55. The number of piperidine rings is 1. The van der Waals surface area contributed by atoms with Gasteiger partial charge in [0, 0.05) is 41.7 Å². The predicted molar refractivity (Wildman–Crippen MR) is 124 cm³/mol. The summed E-state index contributed by atoms with van der Waals surface area (Å²) < 4.78 is 0. The van der Waals surface area contributed by atoms with Crippen LogP contribution in [0.4, 0.5) is 10.3 Å². The zero-order valence-corrected chi connectivity index (χ0v) is 19.3. The van der Waals surface area contributed by atoms with E-state index in [1.54, 1.807) is 0 Å². The van der Waals surface area contributed by atoms with Gasteiger partial charge in [-0.2, -0.15) is 0 Å². The van der Waals surface area contributed by atoms with Crippen LogP contribution >= 0.6 is 23.1 Å². The van der Waals surface area contributed by atoms with Crippen LogP contribution in [0, 0.1) is 5.41 Å². The van der Waals surface area contributed by atoms with Crippen molar-refractivity contribution in [2.45, 2.75) is 43.4 Å². The molecule has 0 atom stereocenters. The number of hydrogen-bond donors (Lipinski definition) is 2. The van der Waals surface area contributed by atoms with Gasteiger partial charge < -0.3 is 5.73 Å². The number of benzene rings is 1. The molecule has 1 amide bonds. The van der Waals surface area contributed by atoms with E-state index in [0.717, 1.165) is 39.1 Å². The summed E-state index contributed by atoms with van der Waals surface area (Å²) in [5.41, 5.74) is 7.33. The minimum Gasteiger partial charge on any atom is -0.374 e. The van der Waals surface area contributed by atoms with Crippen LogP contribution in [0.25, 0.3) is 0 Å². The van der Waals surface area contributed by atoms with Crippen molar-refractivity contribution in [3.63, 3.8) is 0 Å². The minimum absolute atomic E-state index is 0.0426. The molecule has 2 aliphatic rings. The first-order valence-electron chi connectivity index (χ1n) is 10.5. The zero-order chi connectivity index (χ0) is 21.1. The Morgan fingerprint density at radius 2 is 2.03 bits per heavy atom. The molecule has 9 heteroatoms. The number of aromatic nitrogens is 2. The van der Waals surface area contributed by atoms with Crippen molar-refractivity contribution < 1.29 is 4.79 Å². The third kappa shape index (κ3) is 5.32. The Kier molecular flexibility index (Phi) is 6.62. The van der Waals surface area contributed by atoms with Crippen molar-refractivity contribution >= 4 is 39.3 Å². The highest BCUT2D eigenvalue weighted by Gasteiger charge is 2.45. The number of nitrogens with two attached hydrogens (primary N) is 1. The Bertz CT molecular complexity index is 880. The summed E-state index contributed by atoms with van der Waals surface area (Å²) >= 11 is 3.14. The Labute approximate surface area is 186 Å². The maximum absolute atomic E-state index is 12.4. The third-order valence-electron chi connectivity index (χ3n) is 5.64. The highest BCUT2D eigenvalue weighted by atomic mass is 32.2. The van der Waals surface area contributed by atoms with Crippen molar-refractivity contribution in [1.82, 2.24) is 20.0 Å². The summed E-state index contributed by atoms with van der Waals surface area (Å²) in [6.07, 6.45) is 2.39. The molecule has 0 aliphatic carbocycles.